The molecular formula is C23H32N4O6. The summed E-state index contributed by atoms with van der Waals surface area (Å²) in [4.78, 5) is 52.1. The number of non-ortho nitro benzene ring substituents is 1. The Morgan fingerprint density at radius 1 is 1.24 bits per heavy atom. The van der Waals surface area contributed by atoms with E-state index in [4.69, 9.17) is 4.74 Å². The number of methoxy groups -OCH3 is 1. The second-order valence-electron chi connectivity index (χ2n) is 8.59. The van der Waals surface area contributed by atoms with Gasteiger partial charge in [-0.25, -0.2) is 4.79 Å². The van der Waals surface area contributed by atoms with Crippen molar-refractivity contribution in [1.82, 2.24) is 15.1 Å². The first-order valence-corrected chi connectivity index (χ1v) is 11.5. The van der Waals surface area contributed by atoms with Crippen molar-refractivity contribution in [1.29, 1.82) is 0 Å². The van der Waals surface area contributed by atoms with Crippen molar-refractivity contribution < 1.29 is 24.0 Å². The van der Waals surface area contributed by atoms with Crippen LogP contribution in [-0.4, -0.2) is 65.4 Å². The van der Waals surface area contributed by atoms with Crippen LogP contribution in [0.25, 0.3) is 0 Å². The van der Waals surface area contributed by atoms with Gasteiger partial charge in [-0.05, 0) is 31.2 Å². The van der Waals surface area contributed by atoms with E-state index in [0.29, 0.717) is 25.1 Å². The minimum Gasteiger partial charge on any atom is -0.385 e. The molecule has 2 unspecified atom stereocenters. The third kappa shape index (κ3) is 6.28. The molecule has 1 heterocycles. The number of carbonyl (C=O) groups is 3. The summed E-state index contributed by atoms with van der Waals surface area (Å²) in [6.07, 6.45) is 4.67. The molecule has 0 bridgehead atoms. The molecule has 1 saturated heterocycles. The molecule has 1 aliphatic heterocycles. The summed E-state index contributed by atoms with van der Waals surface area (Å²) < 4.78 is 4.95. The Labute approximate surface area is 193 Å². The van der Waals surface area contributed by atoms with Gasteiger partial charge in [0.25, 0.3) is 5.69 Å². The van der Waals surface area contributed by atoms with Crippen molar-refractivity contribution in [3.8, 4) is 0 Å². The molecule has 2 atom stereocenters. The van der Waals surface area contributed by atoms with E-state index in [0.717, 1.165) is 32.1 Å². The van der Waals surface area contributed by atoms with E-state index in [1.165, 1.54) is 17.0 Å². The molecule has 3 rings (SSSR count). The molecule has 0 spiro atoms. The quantitative estimate of drug-likeness (QED) is 0.308. The SMILES string of the molecule is COCCCNC(=O)CCCN1C(=O)C2CCCCC2N(Cc2cccc([N+](=O)[O-])c2)C1=O. The number of carbonyl (C=O) groups excluding carboxylic acids is 3. The van der Waals surface area contributed by atoms with Crippen LogP contribution in [0.1, 0.15) is 50.5 Å². The number of hydrogen-bond donors (Lipinski definition) is 1. The van der Waals surface area contributed by atoms with E-state index in [1.54, 1.807) is 24.1 Å². The van der Waals surface area contributed by atoms with E-state index in [-0.39, 0.29) is 55.0 Å². The lowest BCUT2D eigenvalue weighted by Gasteiger charge is -2.47. The molecular weight excluding hydrogens is 428 g/mol. The molecule has 1 aliphatic carbocycles. The average molecular weight is 461 g/mol. The highest BCUT2D eigenvalue weighted by Gasteiger charge is 2.46. The normalized spacial score (nSPS) is 20.5. The van der Waals surface area contributed by atoms with Crippen molar-refractivity contribution in [2.45, 2.75) is 57.5 Å². The lowest BCUT2D eigenvalue weighted by molar-refractivity contribution is -0.384. The molecule has 2 aliphatic rings. The van der Waals surface area contributed by atoms with Gasteiger partial charge in [0.15, 0.2) is 0 Å². The third-order valence-corrected chi connectivity index (χ3v) is 6.30. The monoisotopic (exact) mass is 460 g/mol. The summed E-state index contributed by atoms with van der Waals surface area (Å²) in [7, 11) is 1.60. The number of urea groups is 1. The molecule has 10 nitrogen and oxygen atoms in total. The van der Waals surface area contributed by atoms with Gasteiger partial charge in [0.2, 0.25) is 11.8 Å². The minimum absolute atomic E-state index is 0.0263. The number of fused-ring (bicyclic) bond motifs is 1. The van der Waals surface area contributed by atoms with Crippen LogP contribution in [0.15, 0.2) is 24.3 Å². The van der Waals surface area contributed by atoms with E-state index >= 15 is 0 Å². The fraction of sp³-hybridized carbons (Fsp3) is 0.609. The smallest absolute Gasteiger partial charge is 0.327 e. The molecule has 0 radical (unpaired) electrons. The van der Waals surface area contributed by atoms with Crippen LogP contribution < -0.4 is 5.32 Å². The van der Waals surface area contributed by atoms with Crippen LogP contribution in [0.2, 0.25) is 0 Å². The predicted molar refractivity (Wildman–Crippen MR) is 120 cm³/mol. The number of benzene rings is 1. The lowest BCUT2D eigenvalue weighted by Crippen LogP contribution is -2.62. The molecule has 1 saturated carbocycles. The topological polar surface area (TPSA) is 122 Å². The molecule has 1 aromatic rings. The second-order valence-corrected chi connectivity index (χ2v) is 8.59. The molecule has 1 N–H and O–H groups in total. The van der Waals surface area contributed by atoms with Gasteiger partial charge in [-0.3, -0.25) is 24.6 Å². The maximum atomic E-state index is 13.3. The number of rotatable bonds is 11. The first-order chi connectivity index (χ1) is 15.9. The number of imide groups is 1. The van der Waals surface area contributed by atoms with E-state index in [2.05, 4.69) is 5.32 Å². The summed E-state index contributed by atoms with van der Waals surface area (Å²) in [6.45, 7) is 1.48. The van der Waals surface area contributed by atoms with Crippen molar-refractivity contribution in [3.05, 3.63) is 39.9 Å². The van der Waals surface area contributed by atoms with Crippen LogP contribution in [0, 0.1) is 16.0 Å². The molecule has 180 valence electrons. The summed E-state index contributed by atoms with van der Waals surface area (Å²) in [5.74, 6) is -0.550. The zero-order valence-electron chi connectivity index (χ0n) is 19.0. The Kier molecular flexibility index (Phi) is 8.76. The number of nitro benzene ring substituents is 1. The molecule has 33 heavy (non-hydrogen) atoms. The highest BCUT2D eigenvalue weighted by molar-refractivity contribution is 5.98. The minimum atomic E-state index is -0.457. The first kappa shape index (κ1) is 24.6. The van der Waals surface area contributed by atoms with E-state index < -0.39 is 4.92 Å². The van der Waals surface area contributed by atoms with E-state index in [1.807, 2.05) is 0 Å². The van der Waals surface area contributed by atoms with E-state index in [9.17, 15) is 24.5 Å². The maximum Gasteiger partial charge on any atom is 0.327 e. The first-order valence-electron chi connectivity index (χ1n) is 11.5. The number of nitrogens with zero attached hydrogens (tertiary/aromatic N) is 3. The van der Waals surface area contributed by atoms with Gasteiger partial charge in [-0.15, -0.1) is 0 Å². The summed E-state index contributed by atoms with van der Waals surface area (Å²) in [6, 6.07) is 5.68. The Morgan fingerprint density at radius 2 is 2.03 bits per heavy atom. The largest absolute Gasteiger partial charge is 0.385 e. The second kappa shape index (κ2) is 11.7. The van der Waals surface area contributed by atoms with Gasteiger partial charge in [0, 0.05) is 57.9 Å². The summed E-state index contributed by atoms with van der Waals surface area (Å²) in [5.41, 5.74) is 0.633. The van der Waals surface area contributed by atoms with Crippen molar-refractivity contribution in [3.63, 3.8) is 0 Å². The molecule has 2 fully saturated rings. The zero-order chi connectivity index (χ0) is 23.8. The maximum absolute atomic E-state index is 13.3. The van der Waals surface area contributed by atoms with Crippen LogP contribution in [0.5, 0.6) is 0 Å². The Bertz CT molecular complexity index is 876. The number of amides is 4. The van der Waals surface area contributed by atoms with Crippen molar-refractivity contribution >= 4 is 23.5 Å². The predicted octanol–water partition coefficient (Wildman–Crippen LogP) is 2.85. The third-order valence-electron chi connectivity index (χ3n) is 6.30. The summed E-state index contributed by atoms with van der Waals surface area (Å²) >= 11 is 0. The van der Waals surface area contributed by atoms with Crippen LogP contribution >= 0.6 is 0 Å². The number of hydrogen-bond acceptors (Lipinski definition) is 6. The zero-order valence-corrected chi connectivity index (χ0v) is 19.0. The highest BCUT2D eigenvalue weighted by atomic mass is 16.6. The van der Waals surface area contributed by atoms with Gasteiger partial charge in [-0.2, -0.15) is 0 Å². The Hall–Kier alpha value is -3.01. The number of nitrogens with one attached hydrogen (secondary N) is 1. The number of ether oxygens (including phenoxy) is 1. The van der Waals surface area contributed by atoms with Gasteiger partial charge in [-0.1, -0.05) is 25.0 Å². The van der Waals surface area contributed by atoms with Gasteiger partial charge < -0.3 is 15.0 Å². The Balaban J connectivity index is 1.66. The van der Waals surface area contributed by atoms with Crippen LogP contribution in [-0.2, 0) is 20.9 Å². The lowest BCUT2D eigenvalue weighted by atomic mass is 9.81. The molecule has 0 aromatic heterocycles. The number of nitro groups is 1. The molecule has 1 aromatic carbocycles. The van der Waals surface area contributed by atoms with Gasteiger partial charge in [0.05, 0.1) is 10.8 Å². The van der Waals surface area contributed by atoms with Gasteiger partial charge in [0.1, 0.15) is 0 Å². The average Bonchev–Trinajstić information content (AvgIpc) is 2.82. The van der Waals surface area contributed by atoms with Crippen LogP contribution in [0.4, 0.5) is 10.5 Å². The fourth-order valence-electron chi connectivity index (χ4n) is 4.65. The summed E-state index contributed by atoms with van der Waals surface area (Å²) in [5, 5.41) is 13.9. The fourth-order valence-corrected chi connectivity index (χ4v) is 4.65. The van der Waals surface area contributed by atoms with Gasteiger partial charge >= 0.3 is 6.03 Å². The van der Waals surface area contributed by atoms with Crippen LogP contribution in [0.3, 0.4) is 0 Å². The molecule has 4 amide bonds. The molecule has 10 heteroatoms. The van der Waals surface area contributed by atoms with Crippen molar-refractivity contribution in [2.75, 3.05) is 26.8 Å². The van der Waals surface area contributed by atoms with Crippen molar-refractivity contribution in [2.24, 2.45) is 5.92 Å². The standard InChI is InChI=1S/C23H32N4O6/c1-33-14-6-12-24-21(28)11-5-13-25-22(29)19-9-2-3-10-20(19)26(23(25)30)16-17-7-4-8-18(15-17)27(31)32/h4,7-8,15,19-20H,2-3,5-6,9-14,16H2,1H3,(H,24,28). The Morgan fingerprint density at radius 3 is 2.79 bits per heavy atom. The highest BCUT2D eigenvalue weighted by Crippen LogP contribution is 2.35.